The zero-order chi connectivity index (χ0) is 32.7. The molecule has 0 saturated heterocycles. The lowest BCUT2D eigenvalue weighted by atomic mass is 9.98. The number of hydrogen-bond acceptors (Lipinski definition) is 7. The zero-order valence-corrected chi connectivity index (χ0v) is 25.5. The monoisotopic (exact) mass is 617 g/mol. The fraction of sp³-hybridized carbons (Fsp3) is 0.375. The lowest BCUT2D eigenvalue weighted by Crippen LogP contribution is -2.41. The minimum Gasteiger partial charge on any atom is -0.480 e. The number of carboxylic acids is 1. The van der Waals surface area contributed by atoms with E-state index in [-0.39, 0.29) is 48.2 Å². The predicted molar refractivity (Wildman–Crippen MR) is 167 cm³/mol. The maximum absolute atomic E-state index is 13.4. The highest BCUT2D eigenvalue weighted by Gasteiger charge is 2.29. The van der Waals surface area contributed by atoms with Crippen molar-refractivity contribution < 1.29 is 28.7 Å². The third-order valence-electron chi connectivity index (χ3n) is 7.54. The van der Waals surface area contributed by atoms with Crippen LogP contribution in [0.2, 0.25) is 0 Å². The van der Waals surface area contributed by atoms with Crippen molar-refractivity contribution >= 4 is 35.3 Å². The molecule has 3 atom stereocenters. The van der Waals surface area contributed by atoms with Gasteiger partial charge in [0.15, 0.2) is 11.7 Å². The first-order valence-corrected chi connectivity index (χ1v) is 14.8. The van der Waals surface area contributed by atoms with Crippen molar-refractivity contribution in [1.29, 1.82) is 0 Å². The summed E-state index contributed by atoms with van der Waals surface area (Å²) in [6.45, 7) is 6.46. The summed E-state index contributed by atoms with van der Waals surface area (Å²) in [5.41, 5.74) is 13.6. The van der Waals surface area contributed by atoms with E-state index in [2.05, 4.69) is 20.6 Å². The molecular weight excluding hydrogens is 578 g/mol. The van der Waals surface area contributed by atoms with Gasteiger partial charge in [0.2, 0.25) is 11.8 Å². The number of amides is 3. The Morgan fingerprint density at radius 2 is 1.78 bits per heavy atom. The molecule has 1 aliphatic heterocycles. The van der Waals surface area contributed by atoms with Gasteiger partial charge in [-0.25, -0.2) is 9.78 Å². The molecule has 0 unspecified atom stereocenters. The van der Waals surface area contributed by atoms with Crippen LogP contribution in [0, 0.1) is 5.92 Å². The summed E-state index contributed by atoms with van der Waals surface area (Å²) < 4.78 is 5.59. The number of carboxylic acid groups (broad SMARTS) is 1. The summed E-state index contributed by atoms with van der Waals surface area (Å²) >= 11 is 0. The standard InChI is InChI=1S/C32H39N7O6/c1-18(2)15-25(29-38-26(17-45-29)28(41)36-24(31(43)44)9-6-14-35-32(33)34)37-27(40)19(3)20-10-12-22(13-11-20)39-16-21-7-4-5-8-23(21)30(39)42/h4-5,7-8,10-13,17-19,24-25H,6,9,14-16H2,1-3H3,(H,36,41)(H,37,40)(H,43,44)(H4,33,34,35)/t19-,24-,25-/m0/s1. The molecular formula is C32H39N7O6. The van der Waals surface area contributed by atoms with E-state index in [1.54, 1.807) is 11.8 Å². The Balaban J connectivity index is 1.40. The molecule has 0 fully saturated rings. The summed E-state index contributed by atoms with van der Waals surface area (Å²) in [4.78, 5) is 60.5. The van der Waals surface area contributed by atoms with Gasteiger partial charge in [0.25, 0.3) is 11.8 Å². The third-order valence-corrected chi connectivity index (χ3v) is 7.54. The molecule has 238 valence electrons. The van der Waals surface area contributed by atoms with E-state index < -0.39 is 29.9 Å². The van der Waals surface area contributed by atoms with E-state index in [1.807, 2.05) is 62.4 Å². The average Bonchev–Trinajstić information content (AvgIpc) is 3.63. The van der Waals surface area contributed by atoms with Crippen molar-refractivity contribution in [3.8, 4) is 0 Å². The average molecular weight is 618 g/mol. The highest BCUT2D eigenvalue weighted by molar-refractivity contribution is 6.10. The van der Waals surface area contributed by atoms with Gasteiger partial charge < -0.3 is 36.5 Å². The van der Waals surface area contributed by atoms with Gasteiger partial charge in [-0.3, -0.25) is 19.4 Å². The Labute approximate surface area is 261 Å². The normalized spacial score (nSPS) is 14.4. The van der Waals surface area contributed by atoms with Gasteiger partial charge in [0.1, 0.15) is 18.3 Å². The molecule has 0 bridgehead atoms. The lowest BCUT2D eigenvalue weighted by molar-refractivity contribution is -0.139. The summed E-state index contributed by atoms with van der Waals surface area (Å²) in [6, 6.07) is 13.0. The van der Waals surface area contributed by atoms with E-state index in [1.165, 1.54) is 0 Å². The zero-order valence-electron chi connectivity index (χ0n) is 25.5. The maximum atomic E-state index is 13.4. The third kappa shape index (κ3) is 8.25. The van der Waals surface area contributed by atoms with Crippen LogP contribution in [0.3, 0.4) is 0 Å². The number of carbonyl (C=O) groups is 4. The van der Waals surface area contributed by atoms with Crippen LogP contribution in [0.15, 0.2) is 64.2 Å². The van der Waals surface area contributed by atoms with Crippen LogP contribution >= 0.6 is 0 Å². The number of fused-ring (bicyclic) bond motifs is 1. The van der Waals surface area contributed by atoms with Crippen LogP contribution in [0.4, 0.5) is 5.69 Å². The molecule has 2 heterocycles. The number of rotatable bonds is 14. The molecule has 3 aromatic rings. The molecule has 13 nitrogen and oxygen atoms in total. The number of nitrogens with two attached hydrogens (primary N) is 2. The summed E-state index contributed by atoms with van der Waals surface area (Å²) in [7, 11) is 0. The largest absolute Gasteiger partial charge is 0.480 e. The molecule has 45 heavy (non-hydrogen) atoms. The Kier molecular flexibility index (Phi) is 10.6. The minimum atomic E-state index is -1.21. The first kappa shape index (κ1) is 32.7. The summed E-state index contributed by atoms with van der Waals surface area (Å²) in [5.74, 6) is -2.60. The molecule has 3 amide bonds. The Bertz CT molecular complexity index is 1560. The number of anilines is 1. The number of benzene rings is 2. The Hall–Kier alpha value is -5.20. The number of aliphatic imine (C=N–C) groups is 1. The maximum Gasteiger partial charge on any atom is 0.326 e. The molecule has 1 aliphatic rings. The number of hydrogen-bond donors (Lipinski definition) is 5. The smallest absolute Gasteiger partial charge is 0.326 e. The molecule has 7 N–H and O–H groups in total. The van der Waals surface area contributed by atoms with E-state index in [0.29, 0.717) is 24.9 Å². The van der Waals surface area contributed by atoms with Crippen LogP contribution < -0.4 is 27.0 Å². The number of guanidine groups is 1. The second-order valence-corrected chi connectivity index (χ2v) is 11.4. The van der Waals surface area contributed by atoms with Gasteiger partial charge in [0, 0.05) is 17.8 Å². The molecule has 0 saturated carbocycles. The van der Waals surface area contributed by atoms with Gasteiger partial charge >= 0.3 is 5.97 Å². The predicted octanol–water partition coefficient (Wildman–Crippen LogP) is 3.08. The Morgan fingerprint density at radius 3 is 2.42 bits per heavy atom. The van der Waals surface area contributed by atoms with E-state index in [0.717, 1.165) is 23.1 Å². The van der Waals surface area contributed by atoms with Crippen LogP contribution in [0.5, 0.6) is 0 Å². The molecule has 0 radical (unpaired) electrons. The van der Waals surface area contributed by atoms with Gasteiger partial charge in [-0.05, 0) is 61.4 Å². The summed E-state index contributed by atoms with van der Waals surface area (Å²) in [5, 5.41) is 15.0. The van der Waals surface area contributed by atoms with Gasteiger partial charge in [-0.2, -0.15) is 0 Å². The van der Waals surface area contributed by atoms with Gasteiger partial charge in [-0.15, -0.1) is 0 Å². The number of nitrogens with zero attached hydrogens (tertiary/aromatic N) is 3. The molecule has 0 aliphatic carbocycles. The van der Waals surface area contributed by atoms with E-state index in [9.17, 15) is 24.3 Å². The molecule has 2 aromatic carbocycles. The van der Waals surface area contributed by atoms with E-state index >= 15 is 0 Å². The fourth-order valence-electron chi connectivity index (χ4n) is 5.09. The second kappa shape index (κ2) is 14.5. The molecule has 4 rings (SSSR count). The van der Waals surface area contributed by atoms with Crippen molar-refractivity contribution in [3.63, 3.8) is 0 Å². The van der Waals surface area contributed by atoms with E-state index in [4.69, 9.17) is 15.9 Å². The molecule has 13 heteroatoms. The van der Waals surface area contributed by atoms with Crippen LogP contribution in [0.25, 0.3) is 0 Å². The SMILES string of the molecule is CC(C)C[C@H](NC(=O)[C@@H](C)c1ccc(N2Cc3ccccc3C2=O)cc1)c1nc(C(=O)N[C@@H](CCCN=C(N)N)C(=O)O)co1. The number of aromatic nitrogens is 1. The summed E-state index contributed by atoms with van der Waals surface area (Å²) in [6.07, 6.45) is 2.07. The van der Waals surface area contributed by atoms with Crippen molar-refractivity contribution in [2.45, 2.75) is 64.6 Å². The molecule has 0 spiro atoms. The van der Waals surface area contributed by atoms with Crippen LogP contribution in [0.1, 0.15) is 89.9 Å². The van der Waals surface area contributed by atoms with Crippen molar-refractivity contribution in [3.05, 3.63) is 83.1 Å². The topological polar surface area (TPSA) is 206 Å². The minimum absolute atomic E-state index is 0.0546. The van der Waals surface area contributed by atoms with Gasteiger partial charge in [-0.1, -0.05) is 44.2 Å². The lowest BCUT2D eigenvalue weighted by Gasteiger charge is -2.21. The number of carbonyl (C=O) groups excluding carboxylic acids is 3. The first-order chi connectivity index (χ1) is 21.4. The molecule has 1 aromatic heterocycles. The second-order valence-electron chi connectivity index (χ2n) is 11.4. The van der Waals surface area contributed by atoms with Crippen molar-refractivity contribution in [1.82, 2.24) is 15.6 Å². The number of oxazole rings is 1. The Morgan fingerprint density at radius 1 is 1.07 bits per heavy atom. The van der Waals surface area contributed by atoms with Crippen molar-refractivity contribution in [2.24, 2.45) is 22.4 Å². The quantitative estimate of drug-likeness (QED) is 0.102. The highest BCUT2D eigenvalue weighted by Crippen LogP contribution is 2.30. The van der Waals surface area contributed by atoms with Crippen LogP contribution in [-0.4, -0.2) is 52.3 Å². The number of aliphatic carboxylic acids is 1. The highest BCUT2D eigenvalue weighted by atomic mass is 16.4. The van der Waals surface area contributed by atoms with Crippen molar-refractivity contribution in [2.75, 3.05) is 11.4 Å². The fourth-order valence-corrected chi connectivity index (χ4v) is 5.09. The van der Waals surface area contributed by atoms with Gasteiger partial charge in [0.05, 0.1) is 12.5 Å². The first-order valence-electron chi connectivity index (χ1n) is 14.8. The van der Waals surface area contributed by atoms with Crippen LogP contribution in [-0.2, 0) is 16.1 Å². The number of nitrogens with one attached hydrogen (secondary N) is 2.